The molecule has 8 nitrogen and oxygen atoms in total. The molecule has 140 valence electrons. The molecule has 0 aliphatic heterocycles. The summed E-state index contributed by atoms with van der Waals surface area (Å²) < 4.78 is 29.9. The van der Waals surface area contributed by atoms with Crippen molar-refractivity contribution in [3.63, 3.8) is 0 Å². The first kappa shape index (κ1) is 19.7. The van der Waals surface area contributed by atoms with Gasteiger partial charge in [0.2, 0.25) is 5.09 Å². The second-order valence-electron chi connectivity index (χ2n) is 6.13. The first-order chi connectivity index (χ1) is 12.1. The van der Waals surface area contributed by atoms with E-state index in [0.717, 1.165) is 16.6 Å². The van der Waals surface area contributed by atoms with Crippen molar-refractivity contribution in [2.24, 2.45) is 0 Å². The zero-order valence-electron chi connectivity index (χ0n) is 14.6. The Bertz CT molecular complexity index is 904. The maximum Gasteiger partial charge on any atom is 0.315 e. The van der Waals surface area contributed by atoms with Crippen LogP contribution in [0.25, 0.3) is 0 Å². The molecule has 0 fully saturated rings. The summed E-state index contributed by atoms with van der Waals surface area (Å²) in [6, 6.07) is 9.63. The number of hydrogen-bond donors (Lipinski definition) is 2. The van der Waals surface area contributed by atoms with Gasteiger partial charge in [-0.05, 0) is 12.5 Å². The van der Waals surface area contributed by atoms with Crippen molar-refractivity contribution >= 4 is 21.9 Å². The molecule has 1 unspecified atom stereocenters. The van der Waals surface area contributed by atoms with E-state index in [-0.39, 0.29) is 17.2 Å². The van der Waals surface area contributed by atoms with Crippen molar-refractivity contribution in [3.8, 4) is 0 Å². The molecule has 2 rings (SSSR count). The number of rotatable bonds is 7. The number of nitrogens with zero attached hydrogens (tertiary/aromatic N) is 1. The van der Waals surface area contributed by atoms with Crippen LogP contribution >= 0.6 is 0 Å². The van der Waals surface area contributed by atoms with Gasteiger partial charge in [0.1, 0.15) is 11.7 Å². The fourth-order valence-electron chi connectivity index (χ4n) is 2.22. The average Bonchev–Trinajstić information content (AvgIpc) is 3.10. The fraction of sp³-hybridized carbons (Fsp3) is 0.294. The molecule has 9 heteroatoms. The molecule has 0 spiro atoms. The van der Waals surface area contributed by atoms with Crippen LogP contribution in [0, 0.1) is 0 Å². The van der Waals surface area contributed by atoms with Gasteiger partial charge in [-0.25, -0.2) is 12.7 Å². The lowest BCUT2D eigenvalue weighted by Gasteiger charge is -2.25. The number of sulfonamides is 1. The van der Waals surface area contributed by atoms with Crippen LogP contribution in [0.1, 0.15) is 22.8 Å². The lowest BCUT2D eigenvalue weighted by molar-refractivity contribution is -0.142. The number of carbonyl (C=O) groups is 2. The molecule has 2 N–H and O–H groups in total. The van der Waals surface area contributed by atoms with Gasteiger partial charge in [0, 0.05) is 26.7 Å². The number of hydrogen-bond acceptors (Lipinski definition) is 5. The number of carboxylic acids is 1. The molecule has 1 atom stereocenters. The average molecular weight is 380 g/mol. The predicted octanol–water partition coefficient (Wildman–Crippen LogP) is 1.30. The van der Waals surface area contributed by atoms with Crippen molar-refractivity contribution < 1.29 is 27.5 Å². The molecule has 1 heterocycles. The second kappa shape index (κ2) is 7.30. The lowest BCUT2D eigenvalue weighted by Crippen LogP contribution is -2.44. The summed E-state index contributed by atoms with van der Waals surface area (Å²) in [4.78, 5) is 24.0. The SMILES string of the molecule is CN(C)S(=O)(=O)c1cc(C(=O)NCC(C)(C(=O)O)c2ccccc2)co1. The van der Waals surface area contributed by atoms with Gasteiger partial charge in [-0.1, -0.05) is 30.3 Å². The normalized spacial score (nSPS) is 14.0. The van der Waals surface area contributed by atoms with Gasteiger partial charge in [-0.15, -0.1) is 0 Å². The summed E-state index contributed by atoms with van der Waals surface area (Å²) in [5.41, 5.74) is -0.804. The highest BCUT2D eigenvalue weighted by Gasteiger charge is 2.35. The maximum atomic E-state index is 12.3. The van der Waals surface area contributed by atoms with Crippen LogP contribution in [-0.2, 0) is 20.2 Å². The van der Waals surface area contributed by atoms with E-state index in [9.17, 15) is 23.1 Å². The van der Waals surface area contributed by atoms with E-state index in [4.69, 9.17) is 4.42 Å². The summed E-state index contributed by atoms with van der Waals surface area (Å²) in [7, 11) is -1.11. The minimum atomic E-state index is -3.80. The van der Waals surface area contributed by atoms with Crippen LogP contribution in [-0.4, -0.2) is 50.3 Å². The van der Waals surface area contributed by atoms with Crippen LogP contribution < -0.4 is 5.32 Å². The van der Waals surface area contributed by atoms with Crippen LogP contribution in [0.2, 0.25) is 0 Å². The number of aliphatic carboxylic acids is 1. The summed E-state index contributed by atoms with van der Waals surface area (Å²) in [5, 5.41) is 11.7. The molecule has 0 aliphatic carbocycles. The second-order valence-corrected chi connectivity index (χ2v) is 8.21. The Kier molecular flexibility index (Phi) is 5.53. The molecule has 0 saturated heterocycles. The Hall–Kier alpha value is -2.65. The Morgan fingerprint density at radius 1 is 1.23 bits per heavy atom. The number of furan rings is 1. The third kappa shape index (κ3) is 3.78. The molecule has 0 bridgehead atoms. The minimum absolute atomic E-state index is 0.00812. The van der Waals surface area contributed by atoms with Crippen molar-refractivity contribution in [1.82, 2.24) is 9.62 Å². The summed E-state index contributed by atoms with van der Waals surface area (Å²) in [5.74, 6) is -1.72. The highest BCUT2D eigenvalue weighted by molar-refractivity contribution is 7.88. The van der Waals surface area contributed by atoms with Crippen molar-refractivity contribution in [3.05, 3.63) is 53.8 Å². The molecule has 0 radical (unpaired) electrons. The first-order valence-corrected chi connectivity index (χ1v) is 9.11. The van der Waals surface area contributed by atoms with E-state index in [1.165, 1.54) is 21.0 Å². The van der Waals surface area contributed by atoms with Gasteiger partial charge in [0.15, 0.2) is 0 Å². The molecule has 1 aromatic carbocycles. The molecular weight excluding hydrogens is 360 g/mol. The van der Waals surface area contributed by atoms with Crippen LogP contribution in [0.3, 0.4) is 0 Å². The van der Waals surface area contributed by atoms with Crippen molar-refractivity contribution in [2.75, 3.05) is 20.6 Å². The van der Waals surface area contributed by atoms with E-state index in [0.29, 0.717) is 5.56 Å². The number of amides is 1. The molecule has 0 aliphatic rings. The molecular formula is C17H20N2O6S. The first-order valence-electron chi connectivity index (χ1n) is 7.67. The third-order valence-electron chi connectivity index (χ3n) is 4.06. The Morgan fingerprint density at radius 2 is 1.85 bits per heavy atom. The summed E-state index contributed by atoms with van der Waals surface area (Å²) in [6.07, 6.45) is 1.02. The smallest absolute Gasteiger partial charge is 0.315 e. The zero-order chi connectivity index (χ0) is 19.5. The quantitative estimate of drug-likeness (QED) is 0.748. The summed E-state index contributed by atoms with van der Waals surface area (Å²) in [6.45, 7) is 1.33. The van der Waals surface area contributed by atoms with Gasteiger partial charge in [-0.2, -0.15) is 0 Å². The molecule has 1 aromatic heterocycles. The lowest BCUT2D eigenvalue weighted by atomic mass is 9.82. The maximum absolute atomic E-state index is 12.3. The predicted molar refractivity (Wildman–Crippen MR) is 93.3 cm³/mol. The van der Waals surface area contributed by atoms with Crippen molar-refractivity contribution in [1.29, 1.82) is 0 Å². The number of benzene rings is 1. The van der Waals surface area contributed by atoms with E-state index in [1.54, 1.807) is 30.3 Å². The van der Waals surface area contributed by atoms with Crippen LogP contribution in [0.5, 0.6) is 0 Å². The van der Waals surface area contributed by atoms with Gasteiger partial charge in [0.25, 0.3) is 15.9 Å². The Balaban J connectivity index is 2.18. The molecule has 2 aromatic rings. The molecule has 0 saturated carbocycles. The van der Waals surface area contributed by atoms with Crippen molar-refractivity contribution in [2.45, 2.75) is 17.4 Å². The monoisotopic (exact) mass is 380 g/mol. The van der Waals surface area contributed by atoms with E-state index in [2.05, 4.69) is 5.32 Å². The minimum Gasteiger partial charge on any atom is -0.481 e. The van der Waals surface area contributed by atoms with Crippen LogP contribution in [0.4, 0.5) is 0 Å². The van der Waals surface area contributed by atoms with Gasteiger partial charge < -0.3 is 14.8 Å². The highest BCUT2D eigenvalue weighted by Crippen LogP contribution is 2.24. The van der Waals surface area contributed by atoms with E-state index in [1.807, 2.05) is 0 Å². The van der Waals surface area contributed by atoms with Gasteiger partial charge in [0.05, 0.1) is 5.56 Å². The van der Waals surface area contributed by atoms with E-state index >= 15 is 0 Å². The van der Waals surface area contributed by atoms with E-state index < -0.39 is 27.3 Å². The Morgan fingerprint density at radius 3 is 2.38 bits per heavy atom. The topological polar surface area (TPSA) is 117 Å². The zero-order valence-corrected chi connectivity index (χ0v) is 15.4. The largest absolute Gasteiger partial charge is 0.481 e. The number of carboxylic acid groups (broad SMARTS) is 1. The molecule has 1 amide bonds. The highest BCUT2D eigenvalue weighted by atomic mass is 32.2. The molecule has 26 heavy (non-hydrogen) atoms. The third-order valence-corrected chi connectivity index (χ3v) is 5.74. The Labute approximate surface area is 151 Å². The van der Waals surface area contributed by atoms with Gasteiger partial charge >= 0.3 is 5.97 Å². The fourth-order valence-corrected chi connectivity index (χ4v) is 3.02. The standard InChI is InChI=1S/C17H20N2O6S/c1-17(16(21)22,13-7-5-4-6-8-13)11-18-15(20)12-9-14(25-10-12)26(23,24)19(2)3/h4-10H,11H2,1-3H3,(H,18,20)(H,21,22). The number of carbonyl (C=O) groups excluding carboxylic acids is 1. The van der Waals surface area contributed by atoms with Gasteiger partial charge in [-0.3, -0.25) is 9.59 Å². The van der Waals surface area contributed by atoms with Crippen LogP contribution in [0.15, 0.2) is 52.2 Å². The summed E-state index contributed by atoms with van der Waals surface area (Å²) >= 11 is 0. The number of nitrogens with one attached hydrogen (secondary N) is 1.